The lowest BCUT2D eigenvalue weighted by molar-refractivity contribution is 0.601. The number of nitrogens with zero attached hydrogens (tertiary/aromatic N) is 2. The van der Waals surface area contributed by atoms with Gasteiger partial charge in [-0.3, -0.25) is 4.99 Å². The zero-order chi connectivity index (χ0) is 21.6. The van der Waals surface area contributed by atoms with E-state index in [0.717, 1.165) is 30.2 Å². The lowest BCUT2D eigenvalue weighted by atomic mass is 10.1. The third-order valence-electron chi connectivity index (χ3n) is 5.33. The third kappa shape index (κ3) is 7.99. The minimum atomic E-state index is -3.02. The second kappa shape index (κ2) is 11.7. The van der Waals surface area contributed by atoms with Gasteiger partial charge in [-0.15, -0.1) is 24.0 Å². The van der Waals surface area contributed by atoms with Crippen LogP contribution in [0.3, 0.4) is 0 Å². The summed E-state index contributed by atoms with van der Waals surface area (Å²) in [6, 6.07) is 16.4. The van der Waals surface area contributed by atoms with E-state index in [9.17, 15) is 8.42 Å². The summed E-state index contributed by atoms with van der Waals surface area (Å²) in [7, 11) is -1.25. The minimum absolute atomic E-state index is 0. The monoisotopic (exact) mass is 556 g/mol. The van der Waals surface area contributed by atoms with Crippen LogP contribution in [0.25, 0.3) is 0 Å². The van der Waals surface area contributed by atoms with Gasteiger partial charge < -0.3 is 15.5 Å². The Kier molecular flexibility index (Phi) is 9.61. The average Bonchev–Trinajstić information content (AvgIpc) is 3.26. The van der Waals surface area contributed by atoms with Crippen LogP contribution < -0.4 is 15.5 Å². The van der Waals surface area contributed by atoms with Gasteiger partial charge >= 0.3 is 0 Å². The summed E-state index contributed by atoms with van der Waals surface area (Å²) in [5.41, 5.74) is 4.39. The number of aliphatic imine (C=N–C) groups is 1. The molecule has 0 amide bonds. The Bertz CT molecular complexity index is 971. The van der Waals surface area contributed by atoms with Crippen LogP contribution in [0.15, 0.2) is 53.5 Å². The zero-order valence-electron chi connectivity index (χ0n) is 18.5. The van der Waals surface area contributed by atoms with Gasteiger partial charge in [-0.05, 0) is 48.6 Å². The number of nitrogens with one attached hydrogen (secondary N) is 2. The Morgan fingerprint density at radius 2 is 1.74 bits per heavy atom. The number of anilines is 1. The number of benzene rings is 2. The third-order valence-corrected chi connectivity index (χ3v) is 6.19. The molecular weight excluding hydrogens is 523 g/mol. The standard InChI is InChI=1S/C23H32N4O2S.HI/c1-18(21-7-6-8-22(15-21)27-13-4-5-14-27)26-23(24-2)25-16-19-9-11-20(12-10-19)17-30(3,28)29;/h6-12,15,18H,4-5,13-14,16-17H2,1-3H3,(H2,24,25,26);1H. The fraction of sp³-hybridized carbons (Fsp3) is 0.435. The average molecular weight is 557 g/mol. The molecule has 1 heterocycles. The highest BCUT2D eigenvalue weighted by Crippen LogP contribution is 2.24. The summed E-state index contributed by atoms with van der Waals surface area (Å²) in [5.74, 6) is 0.798. The highest BCUT2D eigenvalue weighted by Gasteiger charge is 2.14. The summed E-state index contributed by atoms with van der Waals surface area (Å²) >= 11 is 0. The molecule has 2 N–H and O–H groups in total. The highest BCUT2D eigenvalue weighted by molar-refractivity contribution is 14.0. The van der Waals surface area contributed by atoms with Crippen molar-refractivity contribution in [2.75, 3.05) is 31.3 Å². The molecule has 0 radical (unpaired) electrons. The molecule has 0 spiro atoms. The summed E-state index contributed by atoms with van der Waals surface area (Å²) in [4.78, 5) is 6.78. The molecule has 6 nitrogen and oxygen atoms in total. The van der Waals surface area contributed by atoms with Crippen molar-refractivity contribution in [1.82, 2.24) is 10.6 Å². The fourth-order valence-electron chi connectivity index (χ4n) is 3.69. The van der Waals surface area contributed by atoms with Crippen LogP contribution in [-0.4, -0.2) is 40.8 Å². The van der Waals surface area contributed by atoms with Crippen LogP contribution in [0.2, 0.25) is 0 Å². The zero-order valence-corrected chi connectivity index (χ0v) is 21.6. The second-order valence-corrected chi connectivity index (χ2v) is 10.1. The maximum atomic E-state index is 11.4. The highest BCUT2D eigenvalue weighted by atomic mass is 127. The van der Waals surface area contributed by atoms with Crippen molar-refractivity contribution in [3.8, 4) is 0 Å². The number of sulfone groups is 1. The van der Waals surface area contributed by atoms with E-state index in [1.54, 1.807) is 7.05 Å². The van der Waals surface area contributed by atoms with Gasteiger partial charge in [0.2, 0.25) is 0 Å². The SMILES string of the molecule is CN=C(NCc1ccc(CS(C)(=O)=O)cc1)NC(C)c1cccc(N2CCCC2)c1.I. The van der Waals surface area contributed by atoms with Crippen molar-refractivity contribution in [3.63, 3.8) is 0 Å². The summed E-state index contributed by atoms with van der Waals surface area (Å²) in [5, 5.41) is 6.79. The quantitative estimate of drug-likeness (QED) is 0.308. The molecular formula is C23H33IN4O2S. The van der Waals surface area contributed by atoms with Crippen LogP contribution in [0, 0.1) is 0 Å². The molecule has 8 heteroatoms. The molecule has 1 saturated heterocycles. The van der Waals surface area contributed by atoms with Crippen LogP contribution in [0.5, 0.6) is 0 Å². The van der Waals surface area contributed by atoms with Crippen LogP contribution in [-0.2, 0) is 22.1 Å². The predicted octanol–water partition coefficient (Wildman–Crippen LogP) is 3.88. The molecule has 1 aliphatic rings. The first kappa shape index (κ1) is 25.5. The Labute approximate surface area is 203 Å². The van der Waals surface area contributed by atoms with E-state index in [1.807, 2.05) is 24.3 Å². The smallest absolute Gasteiger partial charge is 0.191 e. The molecule has 0 aliphatic carbocycles. The summed E-state index contributed by atoms with van der Waals surface area (Å²) in [6.07, 6.45) is 3.79. The molecule has 2 aromatic carbocycles. The molecule has 1 fully saturated rings. The number of hydrogen-bond acceptors (Lipinski definition) is 4. The van der Waals surface area contributed by atoms with E-state index < -0.39 is 9.84 Å². The summed E-state index contributed by atoms with van der Waals surface area (Å²) in [6.45, 7) is 5.02. The van der Waals surface area contributed by atoms with Crippen molar-refractivity contribution >= 4 is 45.5 Å². The number of hydrogen-bond donors (Lipinski definition) is 2. The molecule has 170 valence electrons. The van der Waals surface area contributed by atoms with Gasteiger partial charge in [0, 0.05) is 38.6 Å². The number of guanidine groups is 1. The molecule has 31 heavy (non-hydrogen) atoms. The minimum Gasteiger partial charge on any atom is -0.372 e. The van der Waals surface area contributed by atoms with E-state index in [-0.39, 0.29) is 35.8 Å². The fourth-order valence-corrected chi connectivity index (χ4v) is 4.49. The van der Waals surface area contributed by atoms with E-state index in [0.29, 0.717) is 6.54 Å². The second-order valence-electron chi connectivity index (χ2n) is 7.97. The van der Waals surface area contributed by atoms with Gasteiger partial charge in [0.15, 0.2) is 15.8 Å². The van der Waals surface area contributed by atoms with Crippen molar-refractivity contribution in [2.24, 2.45) is 4.99 Å². The first-order valence-corrected chi connectivity index (χ1v) is 12.5. The van der Waals surface area contributed by atoms with Gasteiger partial charge in [0.05, 0.1) is 11.8 Å². The van der Waals surface area contributed by atoms with E-state index >= 15 is 0 Å². The molecule has 2 aromatic rings. The van der Waals surface area contributed by atoms with E-state index in [2.05, 4.69) is 51.7 Å². The Morgan fingerprint density at radius 3 is 2.35 bits per heavy atom. The molecule has 1 unspecified atom stereocenters. The maximum Gasteiger partial charge on any atom is 0.191 e. The molecule has 0 bridgehead atoms. The number of halogens is 1. The first-order valence-electron chi connectivity index (χ1n) is 10.4. The van der Waals surface area contributed by atoms with Crippen LogP contribution in [0.1, 0.15) is 42.5 Å². The van der Waals surface area contributed by atoms with Crippen molar-refractivity contribution < 1.29 is 8.42 Å². The van der Waals surface area contributed by atoms with Gasteiger partial charge in [0.25, 0.3) is 0 Å². The normalized spacial score (nSPS) is 15.3. The van der Waals surface area contributed by atoms with E-state index in [1.165, 1.54) is 30.3 Å². The maximum absolute atomic E-state index is 11.4. The van der Waals surface area contributed by atoms with Crippen molar-refractivity contribution in [3.05, 3.63) is 65.2 Å². The van der Waals surface area contributed by atoms with Crippen LogP contribution in [0.4, 0.5) is 5.69 Å². The Morgan fingerprint density at radius 1 is 1.10 bits per heavy atom. The van der Waals surface area contributed by atoms with Crippen LogP contribution >= 0.6 is 24.0 Å². The van der Waals surface area contributed by atoms with Gasteiger partial charge in [0.1, 0.15) is 0 Å². The molecule has 0 aromatic heterocycles. The Hall–Kier alpha value is -1.81. The first-order chi connectivity index (χ1) is 14.3. The van der Waals surface area contributed by atoms with Crippen molar-refractivity contribution in [2.45, 2.75) is 38.1 Å². The molecule has 1 atom stereocenters. The largest absolute Gasteiger partial charge is 0.372 e. The van der Waals surface area contributed by atoms with Gasteiger partial charge in [-0.25, -0.2) is 8.42 Å². The van der Waals surface area contributed by atoms with Crippen molar-refractivity contribution in [1.29, 1.82) is 0 Å². The molecule has 0 saturated carbocycles. The topological polar surface area (TPSA) is 73.8 Å². The lowest BCUT2D eigenvalue weighted by Gasteiger charge is -2.22. The molecule has 1 aliphatic heterocycles. The Balaban J connectivity index is 0.00000341. The molecule has 3 rings (SSSR count). The number of rotatable bonds is 7. The van der Waals surface area contributed by atoms with Gasteiger partial charge in [-0.1, -0.05) is 36.4 Å². The van der Waals surface area contributed by atoms with Gasteiger partial charge in [-0.2, -0.15) is 0 Å². The van der Waals surface area contributed by atoms with E-state index in [4.69, 9.17) is 0 Å². The predicted molar refractivity (Wildman–Crippen MR) is 140 cm³/mol. The lowest BCUT2D eigenvalue weighted by Crippen LogP contribution is -2.38. The summed E-state index contributed by atoms with van der Waals surface area (Å²) < 4.78 is 22.8.